The van der Waals surface area contributed by atoms with Gasteiger partial charge in [-0.05, 0) is 44.2 Å². The summed E-state index contributed by atoms with van der Waals surface area (Å²) in [7, 11) is 0. The summed E-state index contributed by atoms with van der Waals surface area (Å²) in [6, 6.07) is 8.31. The van der Waals surface area contributed by atoms with E-state index in [2.05, 4.69) is 39.8 Å². The van der Waals surface area contributed by atoms with E-state index in [1.165, 1.54) is 16.7 Å². The highest BCUT2D eigenvalue weighted by molar-refractivity contribution is 8.15. The number of nitrogens with one attached hydrogen (secondary N) is 1. The van der Waals surface area contributed by atoms with Crippen molar-refractivity contribution in [2.24, 2.45) is 10.2 Å². The number of benzene rings is 1. The van der Waals surface area contributed by atoms with Gasteiger partial charge in [-0.2, -0.15) is 5.10 Å². The molecule has 0 saturated carbocycles. The molecule has 1 atom stereocenters. The molecular formula is C14H17N3OS2. The van der Waals surface area contributed by atoms with Crippen LogP contribution in [0.2, 0.25) is 0 Å². The van der Waals surface area contributed by atoms with E-state index in [-0.39, 0.29) is 11.2 Å². The van der Waals surface area contributed by atoms with Crippen molar-refractivity contribution in [2.75, 3.05) is 6.26 Å². The third kappa shape index (κ3) is 4.11. The van der Waals surface area contributed by atoms with E-state index in [1.54, 1.807) is 11.8 Å². The zero-order chi connectivity index (χ0) is 14.5. The summed E-state index contributed by atoms with van der Waals surface area (Å²) in [6.07, 6.45) is 2.76. The Balaban J connectivity index is 2.01. The van der Waals surface area contributed by atoms with Gasteiger partial charge in [0.15, 0.2) is 5.17 Å². The Morgan fingerprint density at radius 2 is 2.05 bits per heavy atom. The predicted octanol–water partition coefficient (Wildman–Crippen LogP) is 2.93. The van der Waals surface area contributed by atoms with Gasteiger partial charge in [0, 0.05) is 10.6 Å². The van der Waals surface area contributed by atoms with Gasteiger partial charge in [-0.3, -0.25) is 4.79 Å². The number of thioether (sulfide) groups is 2. The van der Waals surface area contributed by atoms with E-state index in [9.17, 15) is 4.79 Å². The van der Waals surface area contributed by atoms with Crippen molar-refractivity contribution in [3.63, 3.8) is 0 Å². The molecule has 1 heterocycles. The van der Waals surface area contributed by atoms with Crippen molar-refractivity contribution < 1.29 is 4.79 Å². The molecule has 0 aliphatic carbocycles. The Bertz CT molecular complexity index is 548. The third-order valence-electron chi connectivity index (χ3n) is 2.70. The van der Waals surface area contributed by atoms with Crippen molar-refractivity contribution in [1.82, 2.24) is 5.32 Å². The maximum absolute atomic E-state index is 11.9. The second-order valence-corrected chi connectivity index (χ2v) is 6.67. The summed E-state index contributed by atoms with van der Waals surface area (Å²) in [5.41, 5.74) is 2.02. The molecule has 1 unspecified atom stereocenters. The number of carbonyl (C=O) groups excluding carboxylic acids is 1. The van der Waals surface area contributed by atoms with Crippen LogP contribution >= 0.6 is 23.5 Å². The van der Waals surface area contributed by atoms with Crippen LogP contribution < -0.4 is 5.32 Å². The lowest BCUT2D eigenvalue weighted by molar-refractivity contribution is -0.118. The van der Waals surface area contributed by atoms with Crippen LogP contribution in [0, 0.1) is 0 Å². The number of hydrogen-bond acceptors (Lipinski definition) is 5. The van der Waals surface area contributed by atoms with Crippen LogP contribution in [0.3, 0.4) is 0 Å². The van der Waals surface area contributed by atoms with E-state index in [0.717, 1.165) is 11.3 Å². The molecule has 106 valence electrons. The second kappa shape index (κ2) is 6.95. The van der Waals surface area contributed by atoms with Gasteiger partial charge in [-0.25, -0.2) is 0 Å². The van der Waals surface area contributed by atoms with Crippen molar-refractivity contribution >= 4 is 40.3 Å². The van der Waals surface area contributed by atoms with Gasteiger partial charge in [0.25, 0.3) is 0 Å². The summed E-state index contributed by atoms with van der Waals surface area (Å²) in [5.74, 6) is 0.00616. The highest BCUT2D eigenvalue weighted by atomic mass is 32.2. The van der Waals surface area contributed by atoms with E-state index < -0.39 is 0 Å². The van der Waals surface area contributed by atoms with Gasteiger partial charge >= 0.3 is 0 Å². The summed E-state index contributed by atoms with van der Waals surface area (Å²) < 4.78 is 0. The first-order chi connectivity index (χ1) is 9.58. The number of hydrogen-bond donors (Lipinski definition) is 1. The molecule has 1 aromatic rings. The number of rotatable bonds is 4. The molecule has 0 aromatic heterocycles. The summed E-state index contributed by atoms with van der Waals surface area (Å²) >= 11 is 3.15. The number of amidine groups is 1. The third-order valence-corrected chi connectivity index (χ3v) is 4.51. The first kappa shape index (κ1) is 15.1. The Morgan fingerprint density at radius 1 is 1.35 bits per heavy atom. The number of amides is 1. The summed E-state index contributed by atoms with van der Waals surface area (Å²) in [4.78, 5) is 13.1. The average molecular weight is 307 g/mol. The monoisotopic (exact) mass is 307 g/mol. The van der Waals surface area contributed by atoms with E-state index in [0.29, 0.717) is 11.6 Å². The molecule has 1 fully saturated rings. The molecular weight excluding hydrogens is 290 g/mol. The van der Waals surface area contributed by atoms with Crippen molar-refractivity contribution in [3.8, 4) is 0 Å². The van der Waals surface area contributed by atoms with Crippen molar-refractivity contribution in [2.45, 2.75) is 30.4 Å². The molecule has 1 aliphatic heterocycles. The van der Waals surface area contributed by atoms with Crippen LogP contribution in [0.4, 0.5) is 0 Å². The molecule has 1 amide bonds. The number of nitrogens with zero attached hydrogens (tertiary/aromatic N) is 2. The van der Waals surface area contributed by atoms with E-state index in [1.807, 2.05) is 20.1 Å². The Kier molecular flexibility index (Phi) is 5.25. The smallest absolute Gasteiger partial charge is 0.239 e. The highest BCUT2D eigenvalue weighted by Gasteiger charge is 2.30. The fourth-order valence-electron chi connectivity index (χ4n) is 1.71. The van der Waals surface area contributed by atoms with Crippen LogP contribution in [0.15, 0.2) is 39.4 Å². The molecule has 0 bridgehead atoms. The Hall–Kier alpha value is -1.27. The van der Waals surface area contributed by atoms with Crippen LogP contribution in [-0.2, 0) is 11.2 Å². The molecule has 1 N–H and O–H groups in total. The minimum Gasteiger partial charge on any atom is -0.303 e. The van der Waals surface area contributed by atoms with Crippen LogP contribution in [-0.4, -0.2) is 28.3 Å². The SMILES string of the molecule is CSc1ccc(CC2S/C(=N/N=C(C)C)NC2=O)cc1. The lowest BCUT2D eigenvalue weighted by Crippen LogP contribution is -2.25. The lowest BCUT2D eigenvalue weighted by atomic mass is 10.1. The summed E-state index contributed by atoms with van der Waals surface area (Å²) in [5, 5.41) is 11.2. The molecule has 0 spiro atoms. The zero-order valence-electron chi connectivity index (χ0n) is 11.7. The van der Waals surface area contributed by atoms with Gasteiger partial charge in [-0.1, -0.05) is 23.9 Å². The maximum atomic E-state index is 11.9. The fraction of sp³-hybridized carbons (Fsp3) is 0.357. The predicted molar refractivity (Wildman–Crippen MR) is 87.7 cm³/mol. The van der Waals surface area contributed by atoms with Crippen LogP contribution in [0.5, 0.6) is 0 Å². The fourth-order valence-corrected chi connectivity index (χ4v) is 3.07. The molecule has 6 heteroatoms. The maximum Gasteiger partial charge on any atom is 0.239 e. The number of carbonyl (C=O) groups is 1. The molecule has 1 saturated heterocycles. The molecule has 4 nitrogen and oxygen atoms in total. The average Bonchev–Trinajstić information content (AvgIpc) is 2.78. The van der Waals surface area contributed by atoms with Gasteiger partial charge in [0.1, 0.15) is 0 Å². The molecule has 1 aliphatic rings. The Morgan fingerprint density at radius 3 is 2.65 bits per heavy atom. The first-order valence-electron chi connectivity index (χ1n) is 6.28. The van der Waals surface area contributed by atoms with Crippen LogP contribution in [0.1, 0.15) is 19.4 Å². The molecule has 1 aromatic carbocycles. The standard InChI is InChI=1S/C14H17N3OS2/c1-9(2)16-17-14-15-13(18)12(20-14)8-10-4-6-11(19-3)7-5-10/h4-7,12H,8H2,1-3H3,(H,15,17,18). The largest absolute Gasteiger partial charge is 0.303 e. The summed E-state index contributed by atoms with van der Waals surface area (Å²) in [6.45, 7) is 3.74. The highest BCUT2D eigenvalue weighted by Crippen LogP contribution is 2.24. The zero-order valence-corrected chi connectivity index (χ0v) is 13.3. The van der Waals surface area contributed by atoms with Gasteiger partial charge in [-0.15, -0.1) is 16.9 Å². The molecule has 20 heavy (non-hydrogen) atoms. The second-order valence-electron chi connectivity index (χ2n) is 4.60. The molecule has 2 rings (SSSR count). The topological polar surface area (TPSA) is 53.8 Å². The normalized spacial score (nSPS) is 20.1. The van der Waals surface area contributed by atoms with Gasteiger partial charge in [0.2, 0.25) is 5.91 Å². The van der Waals surface area contributed by atoms with Gasteiger partial charge in [0.05, 0.1) is 5.25 Å². The van der Waals surface area contributed by atoms with Crippen LogP contribution in [0.25, 0.3) is 0 Å². The van der Waals surface area contributed by atoms with E-state index in [4.69, 9.17) is 0 Å². The van der Waals surface area contributed by atoms with Crippen molar-refractivity contribution in [3.05, 3.63) is 29.8 Å². The quantitative estimate of drug-likeness (QED) is 0.528. The minimum absolute atomic E-state index is 0.00616. The van der Waals surface area contributed by atoms with E-state index >= 15 is 0 Å². The molecule has 0 radical (unpaired) electrons. The Labute approximate surface area is 127 Å². The lowest BCUT2D eigenvalue weighted by Gasteiger charge is -2.05. The first-order valence-corrected chi connectivity index (χ1v) is 8.38. The van der Waals surface area contributed by atoms with Crippen molar-refractivity contribution in [1.29, 1.82) is 0 Å². The minimum atomic E-state index is -0.124. The van der Waals surface area contributed by atoms with Gasteiger partial charge < -0.3 is 5.32 Å².